The first-order valence-electron chi connectivity index (χ1n) is 9.24. The second-order valence-corrected chi connectivity index (χ2v) is 7.25. The van der Waals surface area contributed by atoms with Crippen LogP contribution in [0.3, 0.4) is 0 Å². The van der Waals surface area contributed by atoms with Crippen molar-refractivity contribution in [2.45, 2.75) is 45.3 Å². The molecule has 1 atom stereocenters. The van der Waals surface area contributed by atoms with Gasteiger partial charge in [-0.15, -0.1) is 0 Å². The lowest BCUT2D eigenvalue weighted by Gasteiger charge is -2.36. The van der Waals surface area contributed by atoms with E-state index in [2.05, 4.69) is 34.9 Å². The summed E-state index contributed by atoms with van der Waals surface area (Å²) in [5, 5.41) is 13.3. The zero-order valence-electron chi connectivity index (χ0n) is 15.3. The second-order valence-electron chi connectivity index (χ2n) is 7.25. The maximum Gasteiger partial charge on any atom is 0.222 e. The molecule has 1 fully saturated rings. The number of amides is 1. The Labute approximate surface area is 149 Å². The molecule has 7 heteroatoms. The average Bonchev–Trinajstić information content (AvgIpc) is 2.90. The Morgan fingerprint density at radius 3 is 2.76 bits per heavy atom. The summed E-state index contributed by atoms with van der Waals surface area (Å²) in [6.45, 7) is 8.74. The van der Waals surface area contributed by atoms with E-state index in [1.807, 2.05) is 9.58 Å². The van der Waals surface area contributed by atoms with Crippen molar-refractivity contribution in [3.8, 4) is 6.07 Å². The standard InChI is InChI=1S/C18H28N6O/c1-15(22-10-8-21(2)9-11-22)4-5-18(25)23-6-3-7-24-17(14-23)12-16(13-19)20-24/h12,15H,3-11,14H2,1-2H3/t15-/m1/s1. The molecule has 0 unspecified atom stereocenters. The van der Waals surface area contributed by atoms with Crippen molar-refractivity contribution in [2.24, 2.45) is 0 Å². The number of hydrogen-bond acceptors (Lipinski definition) is 5. The monoisotopic (exact) mass is 344 g/mol. The number of rotatable bonds is 4. The third kappa shape index (κ3) is 4.39. The largest absolute Gasteiger partial charge is 0.337 e. The summed E-state index contributed by atoms with van der Waals surface area (Å²) in [5.41, 5.74) is 1.41. The van der Waals surface area contributed by atoms with Gasteiger partial charge in [0.15, 0.2) is 5.69 Å². The number of nitrogens with zero attached hydrogens (tertiary/aromatic N) is 6. The first-order chi connectivity index (χ1) is 12.1. The van der Waals surface area contributed by atoms with Crippen LogP contribution < -0.4 is 0 Å². The van der Waals surface area contributed by atoms with Crippen molar-refractivity contribution in [1.29, 1.82) is 5.26 Å². The van der Waals surface area contributed by atoms with E-state index in [9.17, 15) is 4.79 Å². The lowest BCUT2D eigenvalue weighted by atomic mass is 10.1. The minimum Gasteiger partial charge on any atom is -0.337 e. The van der Waals surface area contributed by atoms with Gasteiger partial charge in [0.2, 0.25) is 5.91 Å². The van der Waals surface area contributed by atoms with Crippen molar-refractivity contribution in [3.63, 3.8) is 0 Å². The Kier molecular flexibility index (Phi) is 5.71. The molecule has 2 aliphatic heterocycles. The average molecular weight is 344 g/mol. The first kappa shape index (κ1) is 17.9. The van der Waals surface area contributed by atoms with Crippen LogP contribution in [0.4, 0.5) is 0 Å². The number of carbonyl (C=O) groups is 1. The van der Waals surface area contributed by atoms with Crippen LogP contribution in [0.15, 0.2) is 6.07 Å². The van der Waals surface area contributed by atoms with Crippen molar-refractivity contribution in [3.05, 3.63) is 17.5 Å². The van der Waals surface area contributed by atoms with Gasteiger partial charge in [-0.3, -0.25) is 14.4 Å². The quantitative estimate of drug-likeness (QED) is 0.812. The van der Waals surface area contributed by atoms with Gasteiger partial charge in [-0.25, -0.2) is 0 Å². The van der Waals surface area contributed by atoms with Crippen LogP contribution in [0.25, 0.3) is 0 Å². The van der Waals surface area contributed by atoms with Gasteiger partial charge < -0.3 is 9.80 Å². The van der Waals surface area contributed by atoms with Crippen LogP contribution in [0.1, 0.15) is 37.6 Å². The zero-order chi connectivity index (χ0) is 17.8. The van der Waals surface area contributed by atoms with Crippen molar-refractivity contribution in [1.82, 2.24) is 24.5 Å². The molecular formula is C18H28N6O. The molecule has 0 aliphatic carbocycles. The smallest absolute Gasteiger partial charge is 0.222 e. The molecule has 0 radical (unpaired) electrons. The molecule has 0 spiro atoms. The van der Waals surface area contributed by atoms with Gasteiger partial charge in [-0.1, -0.05) is 0 Å². The Balaban J connectivity index is 1.51. The highest BCUT2D eigenvalue weighted by Gasteiger charge is 2.23. The minimum absolute atomic E-state index is 0.217. The molecule has 0 bridgehead atoms. The Bertz CT molecular complexity index is 640. The second kappa shape index (κ2) is 7.98. The van der Waals surface area contributed by atoms with Crippen LogP contribution in [0, 0.1) is 11.3 Å². The predicted molar refractivity (Wildman–Crippen MR) is 94.7 cm³/mol. The summed E-state index contributed by atoms with van der Waals surface area (Å²) in [4.78, 5) is 19.5. The SMILES string of the molecule is C[C@H](CCC(=O)N1CCCn2nc(C#N)cc2C1)N1CCN(C)CC1. The molecule has 0 aromatic carbocycles. The van der Waals surface area contributed by atoms with Crippen LogP contribution in [-0.4, -0.2) is 76.2 Å². The lowest BCUT2D eigenvalue weighted by molar-refractivity contribution is -0.132. The Morgan fingerprint density at radius 2 is 2.04 bits per heavy atom. The highest BCUT2D eigenvalue weighted by molar-refractivity contribution is 5.76. The van der Waals surface area contributed by atoms with E-state index in [0.717, 1.165) is 57.8 Å². The number of hydrogen-bond donors (Lipinski definition) is 0. The van der Waals surface area contributed by atoms with Gasteiger partial charge >= 0.3 is 0 Å². The summed E-state index contributed by atoms with van der Waals surface area (Å²) in [5.74, 6) is 0.217. The van der Waals surface area contributed by atoms with E-state index in [1.54, 1.807) is 6.07 Å². The minimum atomic E-state index is 0.217. The summed E-state index contributed by atoms with van der Waals surface area (Å²) >= 11 is 0. The van der Waals surface area contributed by atoms with E-state index < -0.39 is 0 Å². The first-order valence-corrected chi connectivity index (χ1v) is 9.24. The number of carbonyl (C=O) groups excluding carboxylic acids is 1. The molecule has 3 heterocycles. The normalized spacial score (nSPS) is 20.6. The molecular weight excluding hydrogens is 316 g/mol. The summed E-state index contributed by atoms with van der Waals surface area (Å²) in [6, 6.07) is 4.33. The molecule has 0 saturated carbocycles. The van der Waals surface area contributed by atoms with Gasteiger partial charge in [0.1, 0.15) is 6.07 Å². The lowest BCUT2D eigenvalue weighted by Crippen LogP contribution is -2.48. The van der Waals surface area contributed by atoms with Crippen molar-refractivity contribution in [2.75, 3.05) is 39.8 Å². The number of aryl methyl sites for hydroxylation is 1. The van der Waals surface area contributed by atoms with Gasteiger partial charge in [-0.2, -0.15) is 10.4 Å². The van der Waals surface area contributed by atoms with E-state index in [1.165, 1.54) is 0 Å². The van der Waals surface area contributed by atoms with E-state index >= 15 is 0 Å². The van der Waals surface area contributed by atoms with Crippen LogP contribution in [0.5, 0.6) is 0 Å². The number of fused-ring (bicyclic) bond motifs is 1. The van der Waals surface area contributed by atoms with Gasteiger partial charge in [0.25, 0.3) is 0 Å². The Hall–Kier alpha value is -1.91. The highest BCUT2D eigenvalue weighted by Crippen LogP contribution is 2.16. The molecule has 1 aromatic rings. The molecule has 1 amide bonds. The molecule has 3 rings (SSSR count). The molecule has 7 nitrogen and oxygen atoms in total. The zero-order valence-corrected chi connectivity index (χ0v) is 15.3. The van der Waals surface area contributed by atoms with E-state index in [-0.39, 0.29) is 5.91 Å². The predicted octanol–water partition coefficient (Wildman–Crippen LogP) is 0.903. The fourth-order valence-corrected chi connectivity index (χ4v) is 3.67. The molecule has 136 valence electrons. The third-order valence-electron chi connectivity index (χ3n) is 5.42. The topological polar surface area (TPSA) is 68.4 Å². The molecule has 1 aromatic heterocycles. The van der Waals surface area contributed by atoms with Gasteiger partial charge in [-0.05, 0) is 32.9 Å². The summed E-state index contributed by atoms with van der Waals surface area (Å²) < 4.78 is 1.87. The Morgan fingerprint density at radius 1 is 1.28 bits per heavy atom. The fraction of sp³-hybridized carbons (Fsp3) is 0.722. The van der Waals surface area contributed by atoms with Gasteiger partial charge in [0.05, 0.1) is 12.2 Å². The number of nitriles is 1. The number of piperazine rings is 1. The summed E-state index contributed by atoms with van der Waals surface area (Å²) in [6.07, 6.45) is 2.38. The molecule has 2 aliphatic rings. The third-order valence-corrected chi connectivity index (χ3v) is 5.42. The molecule has 25 heavy (non-hydrogen) atoms. The van der Waals surface area contributed by atoms with Crippen molar-refractivity contribution < 1.29 is 4.79 Å². The number of likely N-dealkylation sites (N-methyl/N-ethyl adjacent to an activating group) is 1. The molecule has 1 saturated heterocycles. The molecule has 0 N–H and O–H groups in total. The van der Waals surface area contributed by atoms with E-state index in [4.69, 9.17) is 5.26 Å². The van der Waals surface area contributed by atoms with Crippen LogP contribution >= 0.6 is 0 Å². The fourth-order valence-electron chi connectivity index (χ4n) is 3.67. The van der Waals surface area contributed by atoms with Gasteiger partial charge in [0, 0.05) is 51.7 Å². The van der Waals surface area contributed by atoms with Crippen LogP contribution in [0.2, 0.25) is 0 Å². The highest BCUT2D eigenvalue weighted by atomic mass is 16.2. The van der Waals surface area contributed by atoms with E-state index in [0.29, 0.717) is 24.7 Å². The maximum absolute atomic E-state index is 12.7. The summed E-state index contributed by atoms with van der Waals surface area (Å²) in [7, 11) is 2.16. The number of aromatic nitrogens is 2. The maximum atomic E-state index is 12.7. The van der Waals surface area contributed by atoms with Crippen LogP contribution in [-0.2, 0) is 17.9 Å². The van der Waals surface area contributed by atoms with Crippen molar-refractivity contribution >= 4 is 5.91 Å².